The van der Waals surface area contributed by atoms with E-state index >= 15 is 0 Å². The van der Waals surface area contributed by atoms with Crippen molar-refractivity contribution in [2.45, 2.75) is 25.7 Å². The largest absolute Gasteiger partial charge is 0.507 e. The quantitative estimate of drug-likeness (QED) is 0.782. The van der Waals surface area contributed by atoms with Crippen molar-refractivity contribution >= 4 is 33.9 Å². The minimum Gasteiger partial charge on any atom is -0.507 e. The van der Waals surface area contributed by atoms with Gasteiger partial charge in [0, 0.05) is 21.9 Å². The van der Waals surface area contributed by atoms with E-state index in [0.717, 1.165) is 12.8 Å². The maximum Gasteiger partial charge on any atom is 0.193 e. The van der Waals surface area contributed by atoms with Crippen molar-refractivity contribution in [3.63, 3.8) is 0 Å². The van der Waals surface area contributed by atoms with Gasteiger partial charge in [-0.25, -0.2) is 0 Å². The molecule has 0 fully saturated rings. The van der Waals surface area contributed by atoms with Crippen LogP contribution in [0.5, 0.6) is 5.75 Å². The summed E-state index contributed by atoms with van der Waals surface area (Å²) in [5, 5.41) is 11.9. The zero-order valence-electron chi connectivity index (χ0n) is 11.8. The van der Waals surface area contributed by atoms with Gasteiger partial charge in [-0.2, -0.15) is 0 Å². The number of phenolic OH excluding ortho intramolecular Hbond substituents is 1. The lowest BCUT2D eigenvalue weighted by Gasteiger charge is -2.26. The van der Waals surface area contributed by atoms with Crippen molar-refractivity contribution in [2.24, 2.45) is 0 Å². The molecule has 0 heterocycles. The maximum absolute atomic E-state index is 12.8. The third-order valence-electron chi connectivity index (χ3n) is 4.60. The molecule has 0 unspecified atom stereocenters. The molecule has 2 aliphatic rings. The van der Waals surface area contributed by atoms with Crippen LogP contribution in [0.1, 0.15) is 46.4 Å². The van der Waals surface area contributed by atoms with E-state index in [1.54, 1.807) is 24.3 Å². The number of carbonyl (C=O) groups excluding carboxylic acids is 2. The number of hydrogen-bond acceptors (Lipinski definition) is 3. The summed E-state index contributed by atoms with van der Waals surface area (Å²) in [5.74, 6) is -0.574. The van der Waals surface area contributed by atoms with Gasteiger partial charge in [0.25, 0.3) is 0 Å². The van der Waals surface area contributed by atoms with E-state index in [2.05, 4.69) is 0 Å². The van der Waals surface area contributed by atoms with Crippen LogP contribution in [-0.2, 0) is 0 Å². The second kappa shape index (κ2) is 4.68. The van der Waals surface area contributed by atoms with Gasteiger partial charge in [0.05, 0.1) is 16.1 Å². The van der Waals surface area contributed by atoms with Crippen molar-refractivity contribution in [2.75, 3.05) is 0 Å². The molecule has 3 nitrogen and oxygen atoms in total. The molecule has 0 saturated carbocycles. The van der Waals surface area contributed by atoms with E-state index in [1.807, 2.05) is 0 Å². The van der Waals surface area contributed by atoms with Gasteiger partial charge in [-0.05, 0) is 25.7 Å². The third-order valence-corrected chi connectivity index (χ3v) is 4.99. The van der Waals surface area contributed by atoms with Gasteiger partial charge in [-0.1, -0.05) is 35.9 Å². The first kappa shape index (κ1) is 13.5. The molecule has 0 amide bonds. The molecule has 110 valence electrons. The molecule has 1 N–H and O–H groups in total. The SMILES string of the molecule is O=C1C2=C(CCCC2)C(=O)c2c1c(O)c1ccccc1c2Cl. The highest BCUT2D eigenvalue weighted by atomic mass is 35.5. The van der Waals surface area contributed by atoms with E-state index in [0.29, 0.717) is 34.8 Å². The summed E-state index contributed by atoms with van der Waals surface area (Å²) in [4.78, 5) is 25.6. The Morgan fingerprint density at radius 2 is 1.41 bits per heavy atom. The molecule has 4 rings (SSSR count). The standard InChI is InChI=1S/C18H13ClO3/c19-15-9-5-1-2-6-10(9)17(21)14-13(15)16(20)11-7-3-4-8-12(11)18(14)22/h1-2,5-6,21H,3-4,7-8H2. The predicted octanol–water partition coefficient (Wildman–Crippen LogP) is 4.45. The Balaban J connectivity index is 2.12. The number of phenols is 1. The average molecular weight is 313 g/mol. The number of halogens is 1. The molecular formula is C18H13ClO3. The van der Waals surface area contributed by atoms with Crippen molar-refractivity contribution in [1.29, 1.82) is 0 Å². The summed E-state index contributed by atoms with van der Waals surface area (Å²) in [6.45, 7) is 0. The molecule has 2 aromatic rings. The average Bonchev–Trinajstić information content (AvgIpc) is 2.56. The number of carbonyl (C=O) groups is 2. The number of allylic oxidation sites excluding steroid dienone is 2. The molecule has 0 bridgehead atoms. The molecule has 22 heavy (non-hydrogen) atoms. The summed E-state index contributed by atoms with van der Waals surface area (Å²) in [6, 6.07) is 7.02. The zero-order valence-corrected chi connectivity index (χ0v) is 12.5. The lowest BCUT2D eigenvalue weighted by molar-refractivity contribution is 0.0962. The van der Waals surface area contributed by atoms with Gasteiger partial charge in [-0.15, -0.1) is 0 Å². The number of aromatic hydroxyl groups is 1. The maximum atomic E-state index is 12.8. The number of hydrogen-bond donors (Lipinski definition) is 1. The van der Waals surface area contributed by atoms with Crippen LogP contribution in [0.25, 0.3) is 10.8 Å². The van der Waals surface area contributed by atoms with Crippen molar-refractivity contribution < 1.29 is 14.7 Å². The predicted molar refractivity (Wildman–Crippen MR) is 84.8 cm³/mol. The number of fused-ring (bicyclic) bond motifs is 2. The van der Waals surface area contributed by atoms with E-state index in [1.165, 1.54) is 0 Å². The van der Waals surface area contributed by atoms with Crippen molar-refractivity contribution in [3.8, 4) is 5.75 Å². The molecule has 0 atom stereocenters. The Morgan fingerprint density at radius 3 is 2.05 bits per heavy atom. The van der Waals surface area contributed by atoms with E-state index < -0.39 is 0 Å². The summed E-state index contributed by atoms with van der Waals surface area (Å²) in [6.07, 6.45) is 3.02. The Morgan fingerprint density at radius 1 is 0.864 bits per heavy atom. The summed E-state index contributed by atoms with van der Waals surface area (Å²) < 4.78 is 0. The first-order valence-corrected chi connectivity index (χ1v) is 7.73. The molecule has 2 aromatic carbocycles. The Hall–Kier alpha value is -2.13. The molecule has 0 spiro atoms. The van der Waals surface area contributed by atoms with Crippen LogP contribution in [0.15, 0.2) is 35.4 Å². The molecule has 2 aliphatic carbocycles. The van der Waals surface area contributed by atoms with Crippen LogP contribution in [0.2, 0.25) is 5.02 Å². The van der Waals surface area contributed by atoms with Crippen LogP contribution < -0.4 is 0 Å². The highest BCUT2D eigenvalue weighted by Gasteiger charge is 2.37. The normalized spacial score (nSPS) is 17.7. The molecule has 0 aliphatic heterocycles. The van der Waals surface area contributed by atoms with Gasteiger partial charge in [0.1, 0.15) is 5.75 Å². The summed E-state index contributed by atoms with van der Waals surface area (Å²) in [7, 11) is 0. The van der Waals surface area contributed by atoms with Gasteiger partial charge >= 0.3 is 0 Å². The summed E-state index contributed by atoms with van der Waals surface area (Å²) >= 11 is 6.42. The van der Waals surface area contributed by atoms with Gasteiger partial charge < -0.3 is 5.11 Å². The molecule has 0 radical (unpaired) electrons. The zero-order chi connectivity index (χ0) is 15.4. The highest BCUT2D eigenvalue weighted by molar-refractivity contribution is 6.43. The fraction of sp³-hybridized carbons (Fsp3) is 0.222. The van der Waals surface area contributed by atoms with Crippen molar-refractivity contribution in [1.82, 2.24) is 0 Å². The lowest BCUT2D eigenvalue weighted by atomic mass is 9.76. The number of rotatable bonds is 0. The molecule has 0 aromatic heterocycles. The number of ketones is 2. The second-order valence-electron chi connectivity index (χ2n) is 5.78. The second-order valence-corrected chi connectivity index (χ2v) is 6.16. The van der Waals surface area contributed by atoms with E-state index in [9.17, 15) is 14.7 Å². The van der Waals surface area contributed by atoms with E-state index in [4.69, 9.17) is 11.6 Å². The Kier molecular flexibility index (Phi) is 2.88. The fourth-order valence-corrected chi connectivity index (χ4v) is 3.87. The van der Waals surface area contributed by atoms with Crippen LogP contribution in [0.3, 0.4) is 0 Å². The Bertz CT molecular complexity index is 820. The first-order chi connectivity index (χ1) is 10.6. The molecule has 0 saturated heterocycles. The van der Waals surface area contributed by atoms with Crippen LogP contribution in [-0.4, -0.2) is 16.7 Å². The summed E-state index contributed by atoms with van der Waals surface area (Å²) in [5.41, 5.74) is 1.39. The monoisotopic (exact) mass is 312 g/mol. The minimum absolute atomic E-state index is 0.0781. The fourth-order valence-electron chi connectivity index (χ4n) is 3.52. The van der Waals surface area contributed by atoms with Gasteiger partial charge in [0.2, 0.25) is 0 Å². The third kappa shape index (κ3) is 1.63. The van der Waals surface area contributed by atoms with Gasteiger partial charge in [0.15, 0.2) is 11.6 Å². The molecule has 4 heteroatoms. The number of benzene rings is 2. The van der Waals surface area contributed by atoms with Gasteiger partial charge in [-0.3, -0.25) is 9.59 Å². The lowest BCUT2D eigenvalue weighted by Crippen LogP contribution is -2.25. The smallest absolute Gasteiger partial charge is 0.193 e. The minimum atomic E-state index is -0.241. The van der Waals surface area contributed by atoms with Crippen LogP contribution in [0, 0.1) is 0 Å². The highest BCUT2D eigenvalue weighted by Crippen LogP contribution is 2.45. The topological polar surface area (TPSA) is 54.4 Å². The van der Waals surface area contributed by atoms with Crippen LogP contribution in [0.4, 0.5) is 0 Å². The van der Waals surface area contributed by atoms with E-state index in [-0.39, 0.29) is 33.5 Å². The van der Waals surface area contributed by atoms with Crippen molar-refractivity contribution in [3.05, 3.63) is 51.6 Å². The Labute approximate surface area is 132 Å². The van der Waals surface area contributed by atoms with Crippen LogP contribution >= 0.6 is 11.6 Å². The number of Topliss-reactive ketones (excluding diaryl/α,β-unsaturated/α-hetero) is 2. The first-order valence-electron chi connectivity index (χ1n) is 7.36. The molecular weight excluding hydrogens is 300 g/mol.